The van der Waals surface area contributed by atoms with E-state index < -0.39 is 0 Å². The predicted octanol–water partition coefficient (Wildman–Crippen LogP) is 2.25. The molecule has 3 heteroatoms. The van der Waals surface area contributed by atoms with E-state index in [1.165, 1.54) is 18.4 Å². The molecule has 3 nitrogen and oxygen atoms in total. The first-order chi connectivity index (χ1) is 9.63. The van der Waals surface area contributed by atoms with Crippen molar-refractivity contribution in [1.82, 2.24) is 5.32 Å². The number of allylic oxidation sites excluding steroid dienone is 3. The van der Waals surface area contributed by atoms with Crippen molar-refractivity contribution in [3.05, 3.63) is 36.0 Å². The lowest BCUT2D eigenvalue weighted by Crippen LogP contribution is -2.54. The van der Waals surface area contributed by atoms with Crippen molar-refractivity contribution in [2.45, 2.75) is 63.7 Å². The van der Waals surface area contributed by atoms with E-state index in [0.29, 0.717) is 18.0 Å². The standard InChI is InChI=1S/C17H29N3/c1-3-4-9-14(18)12(2)20-16-11-6-8-13-7-5-10-15(19)17(13)16/h5-8,10,12,14-17,20H,3-4,9,11,18-19H2,1-2H3. The van der Waals surface area contributed by atoms with Crippen LogP contribution in [0.2, 0.25) is 0 Å². The Morgan fingerprint density at radius 3 is 3.00 bits per heavy atom. The zero-order valence-electron chi connectivity index (χ0n) is 12.8. The molecule has 0 saturated heterocycles. The van der Waals surface area contributed by atoms with Gasteiger partial charge in [-0.15, -0.1) is 0 Å². The van der Waals surface area contributed by atoms with E-state index in [-0.39, 0.29) is 12.1 Å². The van der Waals surface area contributed by atoms with Crippen molar-refractivity contribution in [2.24, 2.45) is 17.4 Å². The van der Waals surface area contributed by atoms with Crippen LogP contribution in [0.4, 0.5) is 0 Å². The molecular formula is C17H29N3. The van der Waals surface area contributed by atoms with Crippen molar-refractivity contribution in [3.63, 3.8) is 0 Å². The lowest BCUT2D eigenvalue weighted by atomic mass is 9.77. The fourth-order valence-electron chi connectivity index (χ4n) is 3.24. The lowest BCUT2D eigenvalue weighted by Gasteiger charge is -2.38. The highest BCUT2D eigenvalue weighted by Crippen LogP contribution is 2.30. The van der Waals surface area contributed by atoms with Crippen LogP contribution >= 0.6 is 0 Å². The molecule has 2 aliphatic rings. The first kappa shape index (κ1) is 15.5. The van der Waals surface area contributed by atoms with Gasteiger partial charge in [-0.3, -0.25) is 0 Å². The summed E-state index contributed by atoms with van der Waals surface area (Å²) >= 11 is 0. The van der Waals surface area contributed by atoms with Gasteiger partial charge in [0, 0.05) is 30.1 Å². The van der Waals surface area contributed by atoms with Crippen LogP contribution in [0.1, 0.15) is 39.5 Å². The van der Waals surface area contributed by atoms with E-state index in [4.69, 9.17) is 11.5 Å². The Bertz CT molecular complexity index is 397. The predicted molar refractivity (Wildman–Crippen MR) is 86.3 cm³/mol. The van der Waals surface area contributed by atoms with Gasteiger partial charge in [-0.25, -0.2) is 0 Å². The minimum atomic E-state index is 0.108. The molecule has 0 radical (unpaired) electrons. The third-order valence-corrected chi connectivity index (χ3v) is 4.57. The van der Waals surface area contributed by atoms with Crippen molar-refractivity contribution in [3.8, 4) is 0 Å². The summed E-state index contributed by atoms with van der Waals surface area (Å²) < 4.78 is 0. The zero-order valence-corrected chi connectivity index (χ0v) is 12.8. The number of unbranched alkanes of at least 4 members (excludes halogenated alkanes) is 1. The van der Waals surface area contributed by atoms with Gasteiger partial charge in [0.05, 0.1) is 0 Å². The summed E-state index contributed by atoms with van der Waals surface area (Å²) in [6.45, 7) is 4.41. The number of nitrogens with one attached hydrogen (secondary N) is 1. The highest BCUT2D eigenvalue weighted by Gasteiger charge is 2.32. The highest BCUT2D eigenvalue weighted by molar-refractivity contribution is 5.37. The van der Waals surface area contributed by atoms with Crippen molar-refractivity contribution >= 4 is 0 Å². The van der Waals surface area contributed by atoms with E-state index in [2.05, 4.69) is 49.5 Å². The van der Waals surface area contributed by atoms with Gasteiger partial charge in [-0.2, -0.15) is 0 Å². The third-order valence-electron chi connectivity index (χ3n) is 4.57. The molecule has 0 aromatic carbocycles. The Kier molecular flexibility index (Phi) is 5.58. The molecule has 0 saturated carbocycles. The molecule has 112 valence electrons. The highest BCUT2D eigenvalue weighted by atomic mass is 15.0. The summed E-state index contributed by atoms with van der Waals surface area (Å²) in [5, 5.41) is 3.73. The molecule has 0 heterocycles. The largest absolute Gasteiger partial charge is 0.326 e. The molecule has 5 N–H and O–H groups in total. The minimum Gasteiger partial charge on any atom is -0.326 e. The van der Waals surface area contributed by atoms with Gasteiger partial charge < -0.3 is 16.8 Å². The van der Waals surface area contributed by atoms with Gasteiger partial charge >= 0.3 is 0 Å². The molecule has 20 heavy (non-hydrogen) atoms. The van der Waals surface area contributed by atoms with E-state index in [1.807, 2.05) is 0 Å². The second-order valence-electron chi connectivity index (χ2n) is 6.16. The zero-order chi connectivity index (χ0) is 14.5. The third kappa shape index (κ3) is 3.60. The van der Waals surface area contributed by atoms with E-state index >= 15 is 0 Å². The molecule has 2 aliphatic carbocycles. The Hall–Kier alpha value is -0.900. The van der Waals surface area contributed by atoms with Gasteiger partial charge in [0.2, 0.25) is 0 Å². The van der Waals surface area contributed by atoms with Gasteiger partial charge in [-0.1, -0.05) is 50.1 Å². The van der Waals surface area contributed by atoms with Gasteiger partial charge in [-0.05, 0) is 25.3 Å². The van der Waals surface area contributed by atoms with E-state index in [0.717, 1.165) is 12.8 Å². The van der Waals surface area contributed by atoms with Crippen LogP contribution in [0, 0.1) is 5.92 Å². The number of fused-ring (bicyclic) bond motifs is 1. The molecule has 0 aliphatic heterocycles. The summed E-state index contributed by atoms with van der Waals surface area (Å²) in [5.74, 6) is 0.380. The molecule has 2 rings (SSSR count). The van der Waals surface area contributed by atoms with E-state index in [9.17, 15) is 0 Å². The van der Waals surface area contributed by atoms with Gasteiger partial charge in [0.25, 0.3) is 0 Å². The molecule has 0 fully saturated rings. The van der Waals surface area contributed by atoms with Crippen molar-refractivity contribution < 1.29 is 0 Å². The average Bonchev–Trinajstić information content (AvgIpc) is 2.45. The van der Waals surface area contributed by atoms with Crippen LogP contribution < -0.4 is 16.8 Å². The Labute approximate surface area is 123 Å². The maximum absolute atomic E-state index is 6.28. The Morgan fingerprint density at radius 1 is 1.45 bits per heavy atom. The summed E-state index contributed by atoms with van der Waals surface area (Å²) in [6.07, 6.45) is 15.3. The number of rotatable bonds is 6. The molecular weight excluding hydrogens is 246 g/mol. The van der Waals surface area contributed by atoms with Crippen molar-refractivity contribution in [1.29, 1.82) is 0 Å². The molecule has 5 atom stereocenters. The fourth-order valence-corrected chi connectivity index (χ4v) is 3.24. The normalized spacial score (nSPS) is 31.6. The first-order valence-corrected chi connectivity index (χ1v) is 7.95. The first-order valence-electron chi connectivity index (χ1n) is 7.95. The molecule has 0 spiro atoms. The summed E-state index contributed by atoms with van der Waals surface area (Å²) in [7, 11) is 0. The van der Waals surface area contributed by atoms with Gasteiger partial charge in [0.15, 0.2) is 0 Å². The quantitative estimate of drug-likeness (QED) is 0.696. The SMILES string of the molecule is CCCCC(N)C(C)NC1CC=CC2=CC=CC(N)C21. The van der Waals surface area contributed by atoms with Crippen LogP contribution in [-0.4, -0.2) is 24.2 Å². The van der Waals surface area contributed by atoms with Crippen LogP contribution in [0.15, 0.2) is 36.0 Å². The number of hydrogen-bond donors (Lipinski definition) is 3. The van der Waals surface area contributed by atoms with E-state index in [1.54, 1.807) is 0 Å². The number of hydrogen-bond acceptors (Lipinski definition) is 3. The Balaban J connectivity index is 1.97. The fraction of sp³-hybridized carbons (Fsp3) is 0.647. The maximum atomic E-state index is 6.28. The topological polar surface area (TPSA) is 64.1 Å². The van der Waals surface area contributed by atoms with Crippen LogP contribution in [-0.2, 0) is 0 Å². The Morgan fingerprint density at radius 2 is 2.25 bits per heavy atom. The van der Waals surface area contributed by atoms with Gasteiger partial charge in [0.1, 0.15) is 0 Å². The maximum Gasteiger partial charge on any atom is 0.0311 e. The van der Waals surface area contributed by atoms with Crippen LogP contribution in [0.5, 0.6) is 0 Å². The molecule has 0 bridgehead atoms. The molecule has 0 aromatic rings. The summed E-state index contributed by atoms with van der Waals surface area (Å²) in [6, 6.07) is 1.06. The molecule has 0 aromatic heterocycles. The second-order valence-corrected chi connectivity index (χ2v) is 6.16. The average molecular weight is 275 g/mol. The summed E-state index contributed by atoms with van der Waals surface area (Å²) in [5.41, 5.74) is 13.9. The smallest absolute Gasteiger partial charge is 0.0311 e. The second kappa shape index (κ2) is 7.21. The lowest BCUT2D eigenvalue weighted by molar-refractivity contribution is 0.306. The van der Waals surface area contributed by atoms with Crippen LogP contribution in [0.3, 0.4) is 0 Å². The van der Waals surface area contributed by atoms with Crippen molar-refractivity contribution in [2.75, 3.05) is 0 Å². The minimum absolute atomic E-state index is 0.108. The monoisotopic (exact) mass is 275 g/mol. The number of nitrogens with two attached hydrogens (primary N) is 2. The summed E-state index contributed by atoms with van der Waals surface area (Å²) in [4.78, 5) is 0. The molecule has 5 unspecified atom stereocenters. The molecule has 0 amide bonds. The van der Waals surface area contributed by atoms with Crippen LogP contribution in [0.25, 0.3) is 0 Å².